The summed E-state index contributed by atoms with van der Waals surface area (Å²) in [5, 5.41) is 3.03. The van der Waals surface area contributed by atoms with E-state index in [4.69, 9.17) is 0 Å². The third-order valence-electron chi connectivity index (χ3n) is 2.54. The highest BCUT2D eigenvalue weighted by Gasteiger charge is 2.15. The van der Waals surface area contributed by atoms with Crippen molar-refractivity contribution in [3.8, 4) is 0 Å². The molecule has 1 atom stereocenters. The average molecular weight is 229 g/mol. The lowest BCUT2D eigenvalue weighted by atomic mass is 10.1. The maximum atomic E-state index is 13.2. The highest BCUT2D eigenvalue weighted by Crippen LogP contribution is 2.24. The summed E-state index contributed by atoms with van der Waals surface area (Å²) in [5.74, 6) is 1.89. The normalized spacial score (nSPS) is 20.5. The predicted octanol–water partition coefficient (Wildman–Crippen LogP) is 3.13. The molecule has 1 unspecified atom stereocenters. The molecule has 0 spiro atoms. The molecule has 1 aromatic carbocycles. The van der Waals surface area contributed by atoms with E-state index in [1.165, 1.54) is 24.3 Å². The topological polar surface area (TPSA) is 12.0 Å². The second kappa shape index (κ2) is 4.84. The Morgan fingerprint density at radius 1 is 1.40 bits per heavy atom. The van der Waals surface area contributed by atoms with E-state index in [0.29, 0.717) is 11.6 Å². The third-order valence-corrected chi connectivity index (χ3v) is 3.77. The number of rotatable bonds is 3. The number of nitrogens with one attached hydrogen (secondary N) is 1. The van der Waals surface area contributed by atoms with Crippen LogP contribution in [0.15, 0.2) is 18.2 Å². The zero-order chi connectivity index (χ0) is 10.7. The number of hydrogen-bond acceptors (Lipinski definition) is 2. The number of thioether (sulfide) groups is 1. The van der Waals surface area contributed by atoms with E-state index >= 15 is 0 Å². The van der Waals surface area contributed by atoms with Gasteiger partial charge in [-0.05, 0) is 36.0 Å². The molecule has 2 rings (SSSR count). The summed E-state index contributed by atoms with van der Waals surface area (Å²) in [6.07, 6.45) is 1.18. The summed E-state index contributed by atoms with van der Waals surface area (Å²) in [6, 6.07) is 3.63. The van der Waals surface area contributed by atoms with Crippen molar-refractivity contribution in [1.29, 1.82) is 0 Å². The minimum atomic E-state index is -0.533. The van der Waals surface area contributed by atoms with Gasteiger partial charge in [0.05, 0.1) is 5.69 Å². The summed E-state index contributed by atoms with van der Waals surface area (Å²) in [5.41, 5.74) is 0.397. The van der Waals surface area contributed by atoms with Crippen LogP contribution < -0.4 is 5.32 Å². The molecule has 82 valence electrons. The summed E-state index contributed by atoms with van der Waals surface area (Å²) >= 11 is 1.93. The van der Waals surface area contributed by atoms with Crippen LogP contribution in [0.1, 0.15) is 6.42 Å². The third kappa shape index (κ3) is 2.84. The van der Waals surface area contributed by atoms with Gasteiger partial charge in [0.2, 0.25) is 0 Å². The Labute approximate surface area is 92.3 Å². The van der Waals surface area contributed by atoms with Gasteiger partial charge in [-0.25, -0.2) is 8.78 Å². The van der Waals surface area contributed by atoms with Crippen LogP contribution in [-0.4, -0.2) is 18.1 Å². The highest BCUT2D eigenvalue weighted by molar-refractivity contribution is 7.99. The van der Waals surface area contributed by atoms with Gasteiger partial charge in [0.25, 0.3) is 0 Å². The van der Waals surface area contributed by atoms with Crippen LogP contribution in [0.4, 0.5) is 14.5 Å². The van der Waals surface area contributed by atoms with Crippen LogP contribution in [0.25, 0.3) is 0 Å². The van der Waals surface area contributed by atoms with Crippen molar-refractivity contribution in [3.05, 3.63) is 29.8 Å². The van der Waals surface area contributed by atoms with E-state index in [0.717, 1.165) is 18.4 Å². The lowest BCUT2D eigenvalue weighted by Crippen LogP contribution is -2.14. The van der Waals surface area contributed by atoms with E-state index in [2.05, 4.69) is 5.32 Å². The minimum absolute atomic E-state index is 0.397. The zero-order valence-electron chi connectivity index (χ0n) is 8.30. The first-order valence-corrected chi connectivity index (χ1v) is 6.18. The van der Waals surface area contributed by atoms with Crippen LogP contribution in [0.2, 0.25) is 0 Å². The molecule has 0 bridgehead atoms. The Kier molecular flexibility index (Phi) is 3.46. The SMILES string of the molecule is Fc1ccc(NCC2CCSC2)c(F)c1. The van der Waals surface area contributed by atoms with Crippen molar-refractivity contribution in [2.45, 2.75) is 6.42 Å². The molecule has 1 aliphatic rings. The lowest BCUT2D eigenvalue weighted by molar-refractivity contribution is 0.580. The number of halogens is 2. The fraction of sp³-hybridized carbons (Fsp3) is 0.455. The Balaban J connectivity index is 1.92. The zero-order valence-corrected chi connectivity index (χ0v) is 9.12. The van der Waals surface area contributed by atoms with Crippen molar-refractivity contribution in [2.24, 2.45) is 5.92 Å². The van der Waals surface area contributed by atoms with Gasteiger partial charge >= 0.3 is 0 Å². The van der Waals surface area contributed by atoms with Gasteiger partial charge < -0.3 is 5.32 Å². The summed E-state index contributed by atoms with van der Waals surface area (Å²) < 4.78 is 25.8. The van der Waals surface area contributed by atoms with Gasteiger partial charge in [0.1, 0.15) is 11.6 Å². The van der Waals surface area contributed by atoms with Crippen LogP contribution in [0.5, 0.6) is 0 Å². The first kappa shape index (κ1) is 10.7. The van der Waals surface area contributed by atoms with Crippen LogP contribution in [-0.2, 0) is 0 Å². The molecular weight excluding hydrogens is 216 g/mol. The molecule has 0 aromatic heterocycles. The van der Waals surface area contributed by atoms with Crippen molar-refractivity contribution >= 4 is 17.4 Å². The van der Waals surface area contributed by atoms with Crippen LogP contribution in [0.3, 0.4) is 0 Å². The Morgan fingerprint density at radius 3 is 2.93 bits per heavy atom. The molecule has 1 saturated heterocycles. The minimum Gasteiger partial charge on any atom is -0.382 e. The molecule has 1 aromatic rings. The molecule has 1 aliphatic heterocycles. The van der Waals surface area contributed by atoms with Crippen molar-refractivity contribution in [2.75, 3.05) is 23.4 Å². The molecule has 1 fully saturated rings. The van der Waals surface area contributed by atoms with Crippen LogP contribution in [0, 0.1) is 17.6 Å². The van der Waals surface area contributed by atoms with Gasteiger partial charge in [-0.1, -0.05) is 0 Å². The van der Waals surface area contributed by atoms with Gasteiger partial charge in [-0.3, -0.25) is 0 Å². The van der Waals surface area contributed by atoms with E-state index in [1.54, 1.807) is 0 Å². The maximum absolute atomic E-state index is 13.2. The first-order chi connectivity index (χ1) is 7.25. The van der Waals surface area contributed by atoms with Gasteiger partial charge in [-0.15, -0.1) is 0 Å². The summed E-state index contributed by atoms with van der Waals surface area (Å²) in [7, 11) is 0. The Bertz CT molecular complexity index is 337. The second-order valence-corrected chi connectivity index (χ2v) is 4.88. The summed E-state index contributed by atoms with van der Waals surface area (Å²) in [6.45, 7) is 0.773. The highest BCUT2D eigenvalue weighted by atomic mass is 32.2. The van der Waals surface area contributed by atoms with E-state index in [9.17, 15) is 8.78 Å². The molecular formula is C11H13F2NS. The molecule has 1 heterocycles. The fourth-order valence-electron chi connectivity index (χ4n) is 1.63. The fourth-order valence-corrected chi connectivity index (χ4v) is 2.92. The number of hydrogen-bond donors (Lipinski definition) is 1. The van der Waals surface area contributed by atoms with Gasteiger partial charge in [-0.2, -0.15) is 11.8 Å². The Morgan fingerprint density at radius 2 is 2.27 bits per heavy atom. The standard InChI is InChI=1S/C11H13F2NS/c12-9-1-2-11(10(13)5-9)14-6-8-3-4-15-7-8/h1-2,5,8,14H,3-4,6-7H2. The van der Waals surface area contributed by atoms with E-state index in [-0.39, 0.29) is 0 Å². The monoisotopic (exact) mass is 229 g/mol. The second-order valence-electron chi connectivity index (χ2n) is 3.73. The molecule has 0 radical (unpaired) electrons. The van der Waals surface area contributed by atoms with Crippen molar-refractivity contribution in [3.63, 3.8) is 0 Å². The van der Waals surface area contributed by atoms with Crippen molar-refractivity contribution in [1.82, 2.24) is 0 Å². The largest absolute Gasteiger partial charge is 0.382 e. The van der Waals surface area contributed by atoms with Crippen LogP contribution >= 0.6 is 11.8 Å². The number of benzene rings is 1. The van der Waals surface area contributed by atoms with Crippen molar-refractivity contribution < 1.29 is 8.78 Å². The number of anilines is 1. The molecule has 1 N–H and O–H groups in total. The molecule has 0 amide bonds. The maximum Gasteiger partial charge on any atom is 0.149 e. The van der Waals surface area contributed by atoms with E-state index < -0.39 is 11.6 Å². The molecule has 15 heavy (non-hydrogen) atoms. The Hall–Kier alpha value is -0.770. The smallest absolute Gasteiger partial charge is 0.149 e. The average Bonchev–Trinajstić information content (AvgIpc) is 2.69. The molecule has 1 nitrogen and oxygen atoms in total. The van der Waals surface area contributed by atoms with E-state index in [1.807, 2.05) is 11.8 Å². The molecule has 0 saturated carbocycles. The molecule has 0 aliphatic carbocycles. The summed E-state index contributed by atoms with van der Waals surface area (Å²) in [4.78, 5) is 0. The van der Waals surface area contributed by atoms with Gasteiger partial charge in [0.15, 0.2) is 0 Å². The molecule has 4 heteroatoms. The predicted molar refractivity (Wildman–Crippen MR) is 60.3 cm³/mol. The quantitative estimate of drug-likeness (QED) is 0.854. The van der Waals surface area contributed by atoms with Gasteiger partial charge in [0, 0.05) is 12.6 Å². The first-order valence-electron chi connectivity index (χ1n) is 5.02. The lowest BCUT2D eigenvalue weighted by Gasteiger charge is -2.11.